The Kier molecular flexibility index (Phi) is 15.1. The molecule has 10 nitrogen and oxygen atoms in total. The molecule has 0 saturated heterocycles. The molecule has 1 saturated carbocycles. The Hall–Kier alpha value is -4.64. The fourth-order valence-electron chi connectivity index (χ4n) is 9.19. The first-order chi connectivity index (χ1) is 28.3. The number of ether oxygens (including phenoxy) is 4. The lowest BCUT2D eigenvalue weighted by molar-refractivity contribution is -0.255. The van der Waals surface area contributed by atoms with Crippen LogP contribution in [0.5, 0.6) is 17.2 Å². The number of oxime groups is 1. The van der Waals surface area contributed by atoms with Crippen LogP contribution in [0.2, 0.25) is 0 Å². The normalized spacial score (nSPS) is 23.9. The monoisotopic (exact) mass is 794 g/mol. The molecule has 3 aromatic carbocycles. The average Bonchev–Trinajstić information content (AvgIpc) is 3.23. The van der Waals surface area contributed by atoms with Gasteiger partial charge in [-0.05, 0) is 117 Å². The Morgan fingerprint density at radius 3 is 2.41 bits per heavy atom. The molecule has 1 amide bonds. The van der Waals surface area contributed by atoms with Crippen LogP contribution in [0.1, 0.15) is 93.4 Å². The number of carbonyl (C=O) groups excluding carboxylic acids is 1. The van der Waals surface area contributed by atoms with Crippen LogP contribution < -0.4 is 9.47 Å². The number of unbranched alkanes of at least 4 members (excludes halogenated alkanes) is 2. The maximum atomic E-state index is 14.4. The van der Waals surface area contributed by atoms with Crippen molar-refractivity contribution >= 4 is 11.8 Å². The van der Waals surface area contributed by atoms with E-state index in [-0.39, 0.29) is 44.2 Å². The number of hydrogen-bond donors (Lipinski definition) is 2. The number of aliphatic hydroxyl groups excluding tert-OH is 2. The van der Waals surface area contributed by atoms with Crippen LogP contribution in [-0.2, 0) is 20.9 Å². The zero-order chi connectivity index (χ0) is 41.1. The molecule has 10 heteroatoms. The van der Waals surface area contributed by atoms with Crippen molar-refractivity contribution in [3.05, 3.63) is 113 Å². The van der Waals surface area contributed by atoms with Crippen molar-refractivity contribution < 1.29 is 38.8 Å². The van der Waals surface area contributed by atoms with Crippen LogP contribution in [0, 0.1) is 31.6 Å². The Bertz CT molecular complexity index is 1900. The highest BCUT2D eigenvalue weighted by molar-refractivity contribution is 6.03. The molecule has 6 atom stereocenters. The zero-order valence-corrected chi connectivity index (χ0v) is 34.7. The van der Waals surface area contributed by atoms with E-state index in [1.165, 1.54) is 5.56 Å². The third kappa shape index (κ3) is 9.46. The largest absolute Gasteiger partial charge is 0.459 e. The lowest BCUT2D eigenvalue weighted by Crippen LogP contribution is -2.70. The molecule has 3 aromatic rings. The van der Waals surface area contributed by atoms with Crippen LogP contribution in [0.15, 0.2) is 96.2 Å². The highest BCUT2D eigenvalue weighted by Gasteiger charge is 2.65. The summed E-state index contributed by atoms with van der Waals surface area (Å²) in [7, 11) is 0. The molecule has 312 valence electrons. The lowest BCUT2D eigenvalue weighted by Gasteiger charge is -2.59. The van der Waals surface area contributed by atoms with Gasteiger partial charge in [-0.25, -0.2) is 4.79 Å². The predicted octanol–water partition coefficient (Wildman–Crippen LogP) is 9.80. The minimum absolute atomic E-state index is 0.0990. The molecule has 0 aromatic heterocycles. The van der Waals surface area contributed by atoms with E-state index in [2.05, 4.69) is 44.7 Å². The molecule has 0 radical (unpaired) electrons. The number of aryl methyl sites for hydroxylation is 2. The van der Waals surface area contributed by atoms with E-state index >= 15 is 0 Å². The maximum absolute atomic E-state index is 14.4. The van der Waals surface area contributed by atoms with Gasteiger partial charge in [0.25, 0.3) is 0 Å². The van der Waals surface area contributed by atoms with Gasteiger partial charge in [0, 0.05) is 37.7 Å². The second-order valence-electron chi connectivity index (χ2n) is 15.8. The van der Waals surface area contributed by atoms with Gasteiger partial charge in [0.05, 0.1) is 18.2 Å². The van der Waals surface area contributed by atoms with Gasteiger partial charge < -0.3 is 34.0 Å². The molecule has 2 N–H and O–H groups in total. The number of rotatable bonds is 20. The Balaban J connectivity index is 1.55. The summed E-state index contributed by atoms with van der Waals surface area (Å²) in [5, 5.41) is 24.6. The maximum Gasteiger partial charge on any atom is 0.410 e. The SMILES string of the molecule is C=CCO[C@@]12Oc3ccc(Oc4ccc(C)c(C)c4)cc3[C@H]3[C@H](CCCCO)[C@@H](CCCCO)C=C(C(=NOCC)C[C@@H]1N(CCC)C(=O)OCc1ccccc1)[C@H]32. The summed E-state index contributed by atoms with van der Waals surface area (Å²) >= 11 is 0. The Morgan fingerprint density at radius 2 is 1.71 bits per heavy atom. The average molecular weight is 795 g/mol. The summed E-state index contributed by atoms with van der Waals surface area (Å²) in [6, 6.07) is 21.2. The van der Waals surface area contributed by atoms with Gasteiger partial charge in [0.2, 0.25) is 5.79 Å². The van der Waals surface area contributed by atoms with Crippen molar-refractivity contribution in [3.8, 4) is 17.2 Å². The van der Waals surface area contributed by atoms with E-state index in [1.807, 2.05) is 62.4 Å². The number of hydrogen-bond acceptors (Lipinski definition) is 9. The van der Waals surface area contributed by atoms with E-state index < -0.39 is 23.8 Å². The summed E-state index contributed by atoms with van der Waals surface area (Å²) in [6.07, 6.45) is 9.39. The van der Waals surface area contributed by atoms with Gasteiger partial charge in [0.1, 0.15) is 36.5 Å². The quantitative estimate of drug-likeness (QED) is 0.0660. The fraction of sp³-hybridized carbons (Fsp3) is 0.500. The van der Waals surface area contributed by atoms with Gasteiger partial charge in [0.15, 0.2) is 0 Å². The third-order valence-corrected chi connectivity index (χ3v) is 11.9. The molecular weight excluding hydrogens is 733 g/mol. The standard InChI is InChI=1S/C48H62N2O8/c1-6-24-50(47(53)54-32-35-16-10-9-11-17-35)44-31-42(49-56-8-3)40-29-36(18-12-14-25-51)39(19-13-15-26-52)45-41-30-38(57-37-21-20-33(4)34(5)28-37)22-23-43(41)58-48(44,46(40)45)55-27-7-2/h7,9-11,16-17,20-23,28-30,36,39,44-46,51-52H,2,6,8,12-15,18-19,24-27,31-32H2,1,3-5H3/t36-,39+,44-,45+,46+,48+/m0/s1. The Morgan fingerprint density at radius 1 is 0.966 bits per heavy atom. The van der Waals surface area contributed by atoms with Crippen LogP contribution >= 0.6 is 0 Å². The topological polar surface area (TPSA) is 119 Å². The minimum atomic E-state index is -1.36. The number of carbonyl (C=O) groups is 1. The predicted molar refractivity (Wildman–Crippen MR) is 226 cm³/mol. The van der Waals surface area contributed by atoms with Crippen molar-refractivity contribution in [2.75, 3.05) is 33.0 Å². The van der Waals surface area contributed by atoms with Crippen LogP contribution in [-0.4, -0.2) is 71.7 Å². The molecule has 1 fully saturated rings. The molecule has 0 bridgehead atoms. The molecule has 6 rings (SSSR count). The minimum Gasteiger partial charge on any atom is -0.459 e. The number of fused-ring (bicyclic) bond motifs is 2. The first-order valence-corrected chi connectivity index (χ1v) is 21.2. The molecule has 0 spiro atoms. The lowest BCUT2D eigenvalue weighted by atomic mass is 9.55. The van der Waals surface area contributed by atoms with E-state index in [4.69, 9.17) is 28.9 Å². The number of benzene rings is 3. The van der Waals surface area contributed by atoms with Gasteiger partial charge in [-0.1, -0.05) is 73.5 Å². The van der Waals surface area contributed by atoms with Crippen LogP contribution in [0.3, 0.4) is 0 Å². The summed E-state index contributed by atoms with van der Waals surface area (Å²) < 4.78 is 27.0. The van der Waals surface area contributed by atoms with E-state index in [9.17, 15) is 15.0 Å². The summed E-state index contributed by atoms with van der Waals surface area (Å²) in [4.78, 5) is 22.1. The van der Waals surface area contributed by atoms with E-state index in [0.29, 0.717) is 50.3 Å². The van der Waals surface area contributed by atoms with Gasteiger partial charge in [-0.3, -0.25) is 4.90 Å². The highest BCUT2D eigenvalue weighted by atomic mass is 16.7. The van der Waals surface area contributed by atoms with Gasteiger partial charge >= 0.3 is 6.09 Å². The second-order valence-corrected chi connectivity index (χ2v) is 15.8. The molecule has 3 aliphatic rings. The van der Waals surface area contributed by atoms with Crippen molar-refractivity contribution in [2.45, 2.75) is 103 Å². The second kappa shape index (κ2) is 20.4. The molecule has 2 aliphatic carbocycles. The number of aliphatic hydroxyl groups is 2. The van der Waals surface area contributed by atoms with Crippen molar-refractivity contribution in [2.24, 2.45) is 22.9 Å². The first kappa shape index (κ1) is 43.0. The molecule has 1 heterocycles. The van der Waals surface area contributed by atoms with E-state index in [0.717, 1.165) is 59.4 Å². The fourth-order valence-corrected chi connectivity index (χ4v) is 9.19. The summed E-state index contributed by atoms with van der Waals surface area (Å²) in [6.45, 7) is 13.5. The smallest absolute Gasteiger partial charge is 0.410 e. The van der Waals surface area contributed by atoms with E-state index in [1.54, 1.807) is 11.0 Å². The summed E-state index contributed by atoms with van der Waals surface area (Å²) in [5.41, 5.74) is 5.98. The highest BCUT2D eigenvalue weighted by Crippen LogP contribution is 2.62. The number of amides is 1. The first-order valence-electron chi connectivity index (χ1n) is 21.2. The summed E-state index contributed by atoms with van der Waals surface area (Å²) in [5.74, 6) is 0.414. The van der Waals surface area contributed by atoms with Crippen molar-refractivity contribution in [3.63, 3.8) is 0 Å². The molecular formula is C48H62N2O8. The molecule has 0 unspecified atom stereocenters. The van der Waals surface area contributed by atoms with Crippen LogP contribution in [0.4, 0.5) is 4.79 Å². The number of allylic oxidation sites excluding steroid dienone is 1. The van der Waals surface area contributed by atoms with Crippen molar-refractivity contribution in [1.29, 1.82) is 0 Å². The molecule has 58 heavy (non-hydrogen) atoms. The van der Waals surface area contributed by atoms with Crippen molar-refractivity contribution in [1.82, 2.24) is 4.90 Å². The van der Waals surface area contributed by atoms with Crippen LogP contribution in [0.25, 0.3) is 0 Å². The zero-order valence-electron chi connectivity index (χ0n) is 34.7. The third-order valence-electron chi connectivity index (χ3n) is 11.9. The number of nitrogens with zero attached hydrogens (tertiary/aromatic N) is 2. The Labute approximate surface area is 344 Å². The van der Waals surface area contributed by atoms with Gasteiger partial charge in [-0.15, -0.1) is 6.58 Å². The molecule has 1 aliphatic heterocycles. The van der Waals surface area contributed by atoms with Gasteiger partial charge in [-0.2, -0.15) is 0 Å².